The fourth-order valence-electron chi connectivity index (χ4n) is 3.82. The summed E-state index contributed by atoms with van der Waals surface area (Å²) in [6, 6.07) is 12.9. The van der Waals surface area contributed by atoms with Crippen molar-refractivity contribution in [2.45, 2.75) is 19.0 Å². The molecular weight excluding hydrogens is 427 g/mol. The van der Waals surface area contributed by atoms with Crippen LogP contribution in [0.5, 0.6) is 23.0 Å². The van der Waals surface area contributed by atoms with Crippen LogP contribution in [0.3, 0.4) is 0 Å². The molecule has 33 heavy (non-hydrogen) atoms. The summed E-state index contributed by atoms with van der Waals surface area (Å²) in [5.74, 6) is 2.63. The molecule has 1 atom stereocenters. The molecule has 1 amide bonds. The van der Waals surface area contributed by atoms with Gasteiger partial charge in [0.25, 0.3) is 0 Å². The molecule has 0 aromatic heterocycles. The summed E-state index contributed by atoms with van der Waals surface area (Å²) < 4.78 is 35.7. The summed E-state index contributed by atoms with van der Waals surface area (Å²) >= 11 is 0. The van der Waals surface area contributed by atoms with Gasteiger partial charge in [-0.1, -0.05) is 6.07 Å². The van der Waals surface area contributed by atoms with Gasteiger partial charge in [0.05, 0.1) is 20.1 Å². The van der Waals surface area contributed by atoms with Crippen LogP contribution in [-0.2, 0) is 4.79 Å². The molecule has 0 bridgehead atoms. The number of likely N-dealkylation sites (tertiary alicyclic amines) is 1. The van der Waals surface area contributed by atoms with Gasteiger partial charge in [-0.15, -0.1) is 0 Å². The van der Waals surface area contributed by atoms with Crippen LogP contribution in [-0.4, -0.2) is 63.5 Å². The molecule has 1 N–H and O–H groups in total. The Balaban J connectivity index is 1.38. The molecule has 2 heterocycles. The number of alkyl halides is 1. The first kappa shape index (κ1) is 22.9. The van der Waals surface area contributed by atoms with Gasteiger partial charge in [0.2, 0.25) is 5.91 Å². The number of ether oxygens (including phenoxy) is 4. The minimum Gasteiger partial charge on any atom is -0.497 e. The number of nitrogens with zero attached hydrogens (tertiary/aromatic N) is 1. The van der Waals surface area contributed by atoms with E-state index in [1.807, 2.05) is 29.2 Å². The van der Waals surface area contributed by atoms with Crippen molar-refractivity contribution < 1.29 is 28.1 Å². The van der Waals surface area contributed by atoms with Crippen LogP contribution in [0.4, 0.5) is 4.39 Å². The number of amides is 1. The number of carbonyl (C=O) groups excluding carboxylic acids is 1. The van der Waals surface area contributed by atoms with E-state index in [-0.39, 0.29) is 18.9 Å². The van der Waals surface area contributed by atoms with E-state index in [4.69, 9.17) is 18.9 Å². The van der Waals surface area contributed by atoms with E-state index in [1.165, 1.54) is 0 Å². The predicted molar refractivity (Wildman–Crippen MR) is 123 cm³/mol. The van der Waals surface area contributed by atoms with Gasteiger partial charge >= 0.3 is 0 Å². The highest BCUT2D eigenvalue weighted by molar-refractivity contribution is 5.79. The first-order valence-electron chi connectivity index (χ1n) is 11.1. The Kier molecular flexibility index (Phi) is 7.67. The number of halogens is 1. The third-order valence-corrected chi connectivity index (χ3v) is 5.47. The topological polar surface area (TPSA) is 69.3 Å². The lowest BCUT2D eigenvalue weighted by Gasteiger charge is -2.20. The summed E-state index contributed by atoms with van der Waals surface area (Å²) in [5, 5.41) is 2.98. The second-order valence-corrected chi connectivity index (χ2v) is 8.02. The lowest BCUT2D eigenvalue weighted by atomic mass is 10.1. The minimum atomic E-state index is -0.825. The van der Waals surface area contributed by atoms with E-state index >= 15 is 0 Å². The Labute approximate surface area is 193 Å². The molecule has 4 rings (SSSR count). The molecule has 176 valence electrons. The molecule has 0 aliphatic carbocycles. The molecule has 8 heteroatoms. The van der Waals surface area contributed by atoms with E-state index in [1.54, 1.807) is 31.4 Å². The van der Waals surface area contributed by atoms with E-state index in [9.17, 15) is 9.18 Å². The monoisotopic (exact) mass is 456 g/mol. The van der Waals surface area contributed by atoms with Crippen molar-refractivity contribution in [1.82, 2.24) is 10.2 Å². The summed E-state index contributed by atoms with van der Waals surface area (Å²) in [6.45, 7) is 2.77. The van der Waals surface area contributed by atoms with Crippen molar-refractivity contribution in [3.05, 3.63) is 53.7 Å². The van der Waals surface area contributed by atoms with Crippen molar-refractivity contribution in [2.75, 3.05) is 46.6 Å². The first-order valence-corrected chi connectivity index (χ1v) is 11.1. The molecule has 1 saturated heterocycles. The fraction of sp³-hybridized carbons (Fsp3) is 0.400. The van der Waals surface area contributed by atoms with Gasteiger partial charge in [0, 0.05) is 25.3 Å². The number of benzene rings is 2. The number of carbonyl (C=O) groups is 1. The quantitative estimate of drug-likeness (QED) is 0.624. The van der Waals surface area contributed by atoms with E-state index in [0.29, 0.717) is 62.2 Å². The number of hydrogen-bond donors (Lipinski definition) is 1. The van der Waals surface area contributed by atoms with Crippen molar-refractivity contribution in [2.24, 2.45) is 0 Å². The molecule has 2 aliphatic heterocycles. The van der Waals surface area contributed by atoms with Crippen molar-refractivity contribution in [3.8, 4) is 23.0 Å². The maximum atomic E-state index is 13.7. The van der Waals surface area contributed by atoms with Gasteiger partial charge in [-0.05, 0) is 54.5 Å². The SMILES string of the molecule is COc1ccc(OCCC(=O)N/C(=C\c2ccc3c(c2)OCCO3)CN2CC[C@H](F)C2)cc1. The first-order chi connectivity index (χ1) is 16.1. The Bertz CT molecular complexity index is 979. The zero-order valence-electron chi connectivity index (χ0n) is 18.7. The normalized spacial score (nSPS) is 18.1. The second-order valence-electron chi connectivity index (χ2n) is 8.02. The van der Waals surface area contributed by atoms with Crippen LogP contribution in [0, 0.1) is 0 Å². The predicted octanol–water partition coefficient (Wildman–Crippen LogP) is 3.44. The minimum absolute atomic E-state index is 0.164. The van der Waals surface area contributed by atoms with Gasteiger partial charge in [0.15, 0.2) is 11.5 Å². The number of methoxy groups -OCH3 is 1. The standard InChI is InChI=1S/C25H29FN2O5/c1-30-21-3-5-22(6-4-21)31-11-9-25(29)27-20(17-28-10-8-19(26)16-28)14-18-2-7-23-24(15-18)33-13-12-32-23/h2-7,14-15,19H,8-13,16-17H2,1H3,(H,27,29)/b20-14-/t19-/m0/s1. The number of nitrogens with one attached hydrogen (secondary N) is 1. The number of hydrogen-bond acceptors (Lipinski definition) is 6. The highest BCUT2D eigenvalue weighted by atomic mass is 19.1. The van der Waals surface area contributed by atoms with Crippen molar-refractivity contribution in [3.63, 3.8) is 0 Å². The Morgan fingerprint density at radius 3 is 2.64 bits per heavy atom. The summed E-state index contributed by atoms with van der Waals surface area (Å²) in [6.07, 6.45) is 1.78. The molecule has 2 aromatic rings. The van der Waals surface area contributed by atoms with Gasteiger partial charge in [-0.3, -0.25) is 9.69 Å². The van der Waals surface area contributed by atoms with Gasteiger partial charge in [-0.25, -0.2) is 4.39 Å². The van der Waals surface area contributed by atoms with Crippen LogP contribution in [0.1, 0.15) is 18.4 Å². The van der Waals surface area contributed by atoms with Crippen LogP contribution in [0.25, 0.3) is 6.08 Å². The summed E-state index contributed by atoms with van der Waals surface area (Å²) in [5.41, 5.74) is 1.58. The average molecular weight is 457 g/mol. The summed E-state index contributed by atoms with van der Waals surface area (Å²) in [7, 11) is 1.60. The zero-order chi connectivity index (χ0) is 23.0. The Morgan fingerprint density at radius 1 is 1.15 bits per heavy atom. The van der Waals surface area contributed by atoms with Crippen molar-refractivity contribution in [1.29, 1.82) is 0 Å². The highest BCUT2D eigenvalue weighted by Gasteiger charge is 2.23. The Hall–Kier alpha value is -3.26. The van der Waals surface area contributed by atoms with E-state index in [2.05, 4.69) is 5.32 Å². The third-order valence-electron chi connectivity index (χ3n) is 5.47. The van der Waals surface area contributed by atoms with Crippen LogP contribution >= 0.6 is 0 Å². The lowest BCUT2D eigenvalue weighted by Crippen LogP contribution is -2.32. The smallest absolute Gasteiger partial charge is 0.227 e. The molecular formula is C25H29FN2O5. The molecule has 1 fully saturated rings. The lowest BCUT2D eigenvalue weighted by molar-refractivity contribution is -0.120. The molecule has 0 radical (unpaired) electrons. The van der Waals surface area contributed by atoms with Crippen LogP contribution in [0.2, 0.25) is 0 Å². The molecule has 2 aliphatic rings. The highest BCUT2D eigenvalue weighted by Crippen LogP contribution is 2.31. The zero-order valence-corrected chi connectivity index (χ0v) is 18.7. The fourth-order valence-corrected chi connectivity index (χ4v) is 3.82. The molecule has 0 spiro atoms. The molecule has 0 unspecified atom stereocenters. The maximum absolute atomic E-state index is 13.7. The number of fused-ring (bicyclic) bond motifs is 1. The number of rotatable bonds is 9. The largest absolute Gasteiger partial charge is 0.497 e. The molecule has 0 saturated carbocycles. The maximum Gasteiger partial charge on any atom is 0.227 e. The third kappa shape index (κ3) is 6.61. The second kappa shape index (κ2) is 11.0. The molecule has 7 nitrogen and oxygen atoms in total. The average Bonchev–Trinajstić information content (AvgIpc) is 3.23. The molecule has 2 aromatic carbocycles. The Morgan fingerprint density at radius 2 is 1.91 bits per heavy atom. The van der Waals surface area contributed by atoms with Crippen LogP contribution in [0.15, 0.2) is 48.2 Å². The van der Waals surface area contributed by atoms with Gasteiger partial charge in [-0.2, -0.15) is 0 Å². The van der Waals surface area contributed by atoms with Crippen LogP contribution < -0.4 is 24.3 Å². The van der Waals surface area contributed by atoms with Gasteiger partial charge < -0.3 is 24.3 Å². The van der Waals surface area contributed by atoms with Crippen molar-refractivity contribution >= 4 is 12.0 Å². The summed E-state index contributed by atoms with van der Waals surface area (Å²) in [4.78, 5) is 14.6. The van der Waals surface area contributed by atoms with E-state index in [0.717, 1.165) is 11.3 Å². The van der Waals surface area contributed by atoms with Gasteiger partial charge in [0.1, 0.15) is 30.9 Å². The van der Waals surface area contributed by atoms with E-state index < -0.39 is 6.17 Å².